The lowest BCUT2D eigenvalue weighted by Gasteiger charge is -2.46. The van der Waals surface area contributed by atoms with Crippen LogP contribution in [0.3, 0.4) is 0 Å². The fraction of sp³-hybridized carbons (Fsp3) is 0.945. The predicted molar refractivity (Wildman–Crippen MR) is 272 cm³/mol. The van der Waals surface area contributed by atoms with Crippen molar-refractivity contribution in [3.63, 3.8) is 0 Å². The molecule has 0 aliphatic carbocycles. The lowest BCUT2D eigenvalue weighted by Crippen LogP contribution is -2.65. The van der Waals surface area contributed by atoms with Crippen LogP contribution in [0.1, 0.15) is 239 Å². The molecule has 14 nitrogen and oxygen atoms in total. The Morgan fingerprint density at radius 1 is 0.507 bits per heavy atom. The monoisotopic (exact) mass is 988 g/mol. The second-order valence-electron chi connectivity index (χ2n) is 20.4. The molecule has 0 saturated carbocycles. The zero-order valence-electron chi connectivity index (χ0n) is 43.6. The van der Waals surface area contributed by atoms with Gasteiger partial charge < -0.3 is 65.1 Å². The van der Waals surface area contributed by atoms with Gasteiger partial charge >= 0.3 is 0 Å². The molecule has 2 saturated heterocycles. The van der Waals surface area contributed by atoms with Crippen molar-refractivity contribution >= 4 is 5.91 Å². The van der Waals surface area contributed by atoms with Gasteiger partial charge in [0.05, 0.1) is 32.0 Å². The van der Waals surface area contributed by atoms with E-state index in [1.165, 1.54) is 173 Å². The first kappa shape index (κ1) is 63.8. The van der Waals surface area contributed by atoms with E-state index in [0.717, 1.165) is 38.5 Å². The van der Waals surface area contributed by atoms with Gasteiger partial charge in [-0.1, -0.05) is 225 Å². The van der Waals surface area contributed by atoms with E-state index in [4.69, 9.17) is 18.9 Å². The van der Waals surface area contributed by atoms with Crippen molar-refractivity contribution < 1.29 is 64.6 Å². The average Bonchev–Trinajstić information content (AvgIpc) is 3.35. The second-order valence-corrected chi connectivity index (χ2v) is 20.4. The molecule has 2 fully saturated rings. The summed E-state index contributed by atoms with van der Waals surface area (Å²) in [6.07, 6.45) is 30.0. The Hall–Kier alpha value is -1.27. The van der Waals surface area contributed by atoms with Crippen LogP contribution in [-0.2, 0) is 23.7 Å². The minimum Gasteiger partial charge on any atom is -0.394 e. The third-order valence-electron chi connectivity index (χ3n) is 14.2. The Morgan fingerprint density at radius 2 is 0.899 bits per heavy atom. The maximum atomic E-state index is 13.2. The van der Waals surface area contributed by atoms with Crippen LogP contribution < -0.4 is 5.32 Å². The van der Waals surface area contributed by atoms with Gasteiger partial charge in [0.2, 0.25) is 5.91 Å². The van der Waals surface area contributed by atoms with Gasteiger partial charge in [-0.25, -0.2) is 0 Å². The van der Waals surface area contributed by atoms with Crippen LogP contribution in [0.2, 0.25) is 0 Å². The van der Waals surface area contributed by atoms with Crippen LogP contribution in [-0.4, -0.2) is 140 Å². The van der Waals surface area contributed by atoms with Crippen molar-refractivity contribution in [1.29, 1.82) is 0 Å². The Kier molecular flexibility index (Phi) is 39.0. The van der Waals surface area contributed by atoms with Crippen molar-refractivity contribution in [3.8, 4) is 0 Å². The quantitative estimate of drug-likeness (QED) is 0.0206. The standard InChI is InChI=1S/C55H105NO13/c1-3-5-7-9-11-13-14-15-16-17-18-19-20-21-22-23-24-25-26-27-28-29-31-33-35-37-39-47(60)56-43(44(59)38-36-34-32-30-12-10-8-6-4-2)42-66-54-52(65)50(63)53(46(41-58)68-54)69-55-51(64)49(62)48(61)45(40-57)67-55/h36,38,43-46,48-55,57-59,61-65H,3-35,37,39-42H2,1-2H3,(H,56,60)/b38-36+/t43-,44+,45+,46+,48-,49?,50?,51?,52?,53+,54+,55-/m0/s1. The molecule has 4 unspecified atom stereocenters. The molecule has 12 atom stereocenters. The van der Waals surface area contributed by atoms with E-state index < -0.39 is 86.8 Å². The summed E-state index contributed by atoms with van der Waals surface area (Å²) in [6.45, 7) is 2.77. The fourth-order valence-corrected chi connectivity index (χ4v) is 9.59. The van der Waals surface area contributed by atoms with E-state index in [0.29, 0.717) is 6.42 Å². The number of aliphatic hydroxyl groups is 8. The highest BCUT2D eigenvalue weighted by atomic mass is 16.7. The smallest absolute Gasteiger partial charge is 0.220 e. The lowest BCUT2D eigenvalue weighted by atomic mass is 9.97. The first-order valence-corrected chi connectivity index (χ1v) is 28.4. The molecule has 9 N–H and O–H groups in total. The number of hydrogen-bond acceptors (Lipinski definition) is 13. The number of hydrogen-bond donors (Lipinski definition) is 9. The van der Waals surface area contributed by atoms with Crippen LogP contribution >= 0.6 is 0 Å². The van der Waals surface area contributed by atoms with Gasteiger partial charge in [0.1, 0.15) is 48.8 Å². The van der Waals surface area contributed by atoms with Gasteiger partial charge in [-0.2, -0.15) is 0 Å². The van der Waals surface area contributed by atoms with Gasteiger partial charge in [0.15, 0.2) is 12.6 Å². The maximum absolute atomic E-state index is 13.2. The van der Waals surface area contributed by atoms with Crippen molar-refractivity contribution in [1.82, 2.24) is 5.32 Å². The van der Waals surface area contributed by atoms with Gasteiger partial charge in [0.25, 0.3) is 0 Å². The molecule has 0 spiro atoms. The molecule has 2 heterocycles. The minimum atomic E-state index is -1.78. The Morgan fingerprint density at radius 3 is 1.33 bits per heavy atom. The zero-order valence-corrected chi connectivity index (χ0v) is 43.6. The summed E-state index contributed by atoms with van der Waals surface area (Å²) in [6, 6.07) is -0.907. The molecular formula is C55H105NO13. The molecular weight excluding hydrogens is 883 g/mol. The van der Waals surface area contributed by atoms with Crippen LogP contribution in [0.5, 0.6) is 0 Å². The molecule has 0 aromatic rings. The summed E-state index contributed by atoms with van der Waals surface area (Å²) in [5, 5.41) is 86.7. The number of rotatable bonds is 45. The number of nitrogens with one attached hydrogen (secondary N) is 1. The Balaban J connectivity index is 1.67. The van der Waals surface area contributed by atoms with E-state index in [1.54, 1.807) is 6.08 Å². The first-order chi connectivity index (χ1) is 33.6. The van der Waals surface area contributed by atoms with E-state index >= 15 is 0 Å². The van der Waals surface area contributed by atoms with Gasteiger partial charge in [-0.3, -0.25) is 4.79 Å². The normalized spacial score (nSPS) is 26.2. The predicted octanol–water partition coefficient (Wildman–Crippen LogP) is 8.72. The number of carbonyl (C=O) groups excluding carboxylic acids is 1. The Labute approximate surface area is 418 Å². The third kappa shape index (κ3) is 28.7. The zero-order chi connectivity index (χ0) is 50.3. The summed E-state index contributed by atoms with van der Waals surface area (Å²) in [4.78, 5) is 13.2. The van der Waals surface area contributed by atoms with Crippen LogP contribution in [0.4, 0.5) is 0 Å². The number of aliphatic hydroxyl groups excluding tert-OH is 8. The molecule has 2 aliphatic rings. The SMILES string of the molecule is CCCCCCCCC/C=C/[C@@H](O)[C@H](CO[C@@H]1O[C@H](CO)[C@@H](O[C@@H]2O[C@H](CO)[C@H](O)C(O)C2O)C(O)C1O)NC(=O)CCCCCCCCCCCCCCCCCCCCCCCCCCCC. The second kappa shape index (κ2) is 42.1. The number of ether oxygens (including phenoxy) is 4. The van der Waals surface area contributed by atoms with Crippen LogP contribution in [0.15, 0.2) is 12.2 Å². The van der Waals surface area contributed by atoms with Crippen LogP contribution in [0, 0.1) is 0 Å². The van der Waals surface area contributed by atoms with E-state index in [2.05, 4.69) is 19.2 Å². The molecule has 2 aliphatic heterocycles. The van der Waals surface area contributed by atoms with Crippen molar-refractivity contribution in [2.24, 2.45) is 0 Å². The van der Waals surface area contributed by atoms with E-state index in [-0.39, 0.29) is 18.9 Å². The molecule has 69 heavy (non-hydrogen) atoms. The number of carbonyl (C=O) groups is 1. The highest BCUT2D eigenvalue weighted by molar-refractivity contribution is 5.76. The van der Waals surface area contributed by atoms with Gasteiger partial charge in [-0.05, 0) is 19.3 Å². The molecule has 1 amide bonds. The van der Waals surface area contributed by atoms with Crippen molar-refractivity contribution in [3.05, 3.63) is 12.2 Å². The van der Waals surface area contributed by atoms with Gasteiger partial charge in [0, 0.05) is 6.42 Å². The highest BCUT2D eigenvalue weighted by Crippen LogP contribution is 2.30. The van der Waals surface area contributed by atoms with E-state index in [9.17, 15) is 45.6 Å². The summed E-state index contributed by atoms with van der Waals surface area (Å²) in [7, 11) is 0. The highest BCUT2D eigenvalue weighted by Gasteiger charge is 2.51. The fourth-order valence-electron chi connectivity index (χ4n) is 9.59. The molecule has 408 valence electrons. The van der Waals surface area contributed by atoms with Gasteiger partial charge in [-0.15, -0.1) is 0 Å². The average molecular weight is 988 g/mol. The summed E-state index contributed by atoms with van der Waals surface area (Å²) >= 11 is 0. The van der Waals surface area contributed by atoms with Crippen molar-refractivity contribution in [2.45, 2.75) is 312 Å². The van der Waals surface area contributed by atoms with Crippen molar-refractivity contribution in [2.75, 3.05) is 19.8 Å². The summed E-state index contributed by atoms with van der Waals surface area (Å²) < 4.78 is 22.7. The molecule has 2 rings (SSSR count). The summed E-state index contributed by atoms with van der Waals surface area (Å²) in [5.41, 5.74) is 0. The lowest BCUT2D eigenvalue weighted by molar-refractivity contribution is -0.359. The number of allylic oxidation sites excluding steroid dienone is 1. The largest absolute Gasteiger partial charge is 0.394 e. The molecule has 0 radical (unpaired) electrons. The molecule has 0 aromatic heterocycles. The summed E-state index contributed by atoms with van der Waals surface area (Å²) in [5.74, 6) is -0.237. The Bertz CT molecular complexity index is 1210. The van der Waals surface area contributed by atoms with E-state index in [1.807, 2.05) is 6.08 Å². The first-order valence-electron chi connectivity index (χ1n) is 28.4. The maximum Gasteiger partial charge on any atom is 0.220 e. The van der Waals surface area contributed by atoms with Crippen LogP contribution in [0.25, 0.3) is 0 Å². The molecule has 14 heteroatoms. The topological polar surface area (TPSA) is 228 Å². The minimum absolute atomic E-state index is 0.237. The number of unbranched alkanes of at least 4 members (excludes halogenated alkanes) is 32. The molecule has 0 bridgehead atoms. The molecule has 0 aromatic carbocycles. The number of amides is 1. The third-order valence-corrected chi connectivity index (χ3v) is 14.2.